The van der Waals surface area contributed by atoms with Crippen molar-refractivity contribution in [1.82, 2.24) is 16.2 Å². The van der Waals surface area contributed by atoms with Crippen LogP contribution >= 0.6 is 0 Å². The van der Waals surface area contributed by atoms with Crippen molar-refractivity contribution in [1.29, 1.82) is 0 Å². The summed E-state index contributed by atoms with van der Waals surface area (Å²) in [4.78, 5) is 11.5. The fraction of sp³-hybridized carbons (Fsp3) is 0.417. The zero-order chi connectivity index (χ0) is 11.9. The molecule has 5 heteroatoms. The van der Waals surface area contributed by atoms with Crippen LogP contribution in [0.15, 0.2) is 30.3 Å². The molecular weight excluding hydrogens is 218 g/mol. The summed E-state index contributed by atoms with van der Waals surface area (Å²) >= 11 is 0. The first kappa shape index (κ1) is 11.9. The van der Waals surface area contributed by atoms with E-state index in [1.165, 1.54) is 0 Å². The maximum Gasteiger partial charge on any atom is 0.257 e. The van der Waals surface area contributed by atoms with Gasteiger partial charge in [-0.2, -0.15) is 0 Å². The summed E-state index contributed by atoms with van der Waals surface area (Å²) in [5.41, 5.74) is 6.10. The smallest absolute Gasteiger partial charge is 0.257 e. The van der Waals surface area contributed by atoms with E-state index in [1.807, 2.05) is 30.3 Å². The number of amides is 1. The van der Waals surface area contributed by atoms with E-state index >= 15 is 0 Å². The molecule has 1 aromatic rings. The van der Waals surface area contributed by atoms with Gasteiger partial charge in [0.1, 0.15) is 5.75 Å². The first-order valence-corrected chi connectivity index (χ1v) is 5.77. The topological polar surface area (TPSA) is 62.4 Å². The van der Waals surface area contributed by atoms with Gasteiger partial charge in [-0.15, -0.1) is 0 Å². The van der Waals surface area contributed by atoms with Crippen molar-refractivity contribution in [2.75, 3.05) is 19.7 Å². The standard InChI is InChI=1S/C12H17N3O2/c16-12(13-8-10-6-7-14-15-10)9-17-11-4-2-1-3-5-11/h1-5,10,14-15H,6-9H2,(H,13,16). The number of hydrogen-bond acceptors (Lipinski definition) is 4. The van der Waals surface area contributed by atoms with Gasteiger partial charge < -0.3 is 10.1 Å². The minimum Gasteiger partial charge on any atom is -0.484 e. The highest BCUT2D eigenvalue weighted by molar-refractivity contribution is 5.77. The van der Waals surface area contributed by atoms with Gasteiger partial charge in [0, 0.05) is 19.1 Å². The first-order chi connectivity index (χ1) is 8.34. The Kier molecular flexibility index (Phi) is 4.35. The molecular formula is C12H17N3O2. The number of benzene rings is 1. The van der Waals surface area contributed by atoms with Crippen LogP contribution in [0.2, 0.25) is 0 Å². The summed E-state index contributed by atoms with van der Waals surface area (Å²) in [5, 5.41) is 2.83. The predicted molar refractivity (Wildman–Crippen MR) is 64.5 cm³/mol. The molecule has 0 spiro atoms. The van der Waals surface area contributed by atoms with Crippen LogP contribution in [0.4, 0.5) is 0 Å². The lowest BCUT2D eigenvalue weighted by Crippen LogP contribution is -2.41. The number of para-hydroxylation sites is 1. The SMILES string of the molecule is O=C(COc1ccccc1)NCC1CCNN1. The lowest BCUT2D eigenvalue weighted by atomic mass is 10.2. The normalized spacial score (nSPS) is 18.9. The maximum atomic E-state index is 11.5. The van der Waals surface area contributed by atoms with Crippen LogP contribution < -0.4 is 20.9 Å². The third kappa shape index (κ3) is 4.05. The highest BCUT2D eigenvalue weighted by atomic mass is 16.5. The number of carbonyl (C=O) groups is 1. The average molecular weight is 235 g/mol. The molecule has 0 saturated carbocycles. The van der Waals surface area contributed by atoms with Gasteiger partial charge in [0.15, 0.2) is 6.61 Å². The van der Waals surface area contributed by atoms with Gasteiger partial charge in [-0.1, -0.05) is 18.2 Å². The van der Waals surface area contributed by atoms with Crippen molar-refractivity contribution in [3.05, 3.63) is 30.3 Å². The molecule has 17 heavy (non-hydrogen) atoms. The van der Waals surface area contributed by atoms with Crippen molar-refractivity contribution in [2.45, 2.75) is 12.5 Å². The number of rotatable bonds is 5. The Balaban J connectivity index is 1.64. The Labute approximate surface area is 101 Å². The van der Waals surface area contributed by atoms with Crippen molar-refractivity contribution >= 4 is 5.91 Å². The summed E-state index contributed by atoms with van der Waals surface area (Å²) in [5.74, 6) is 0.617. The molecule has 1 aliphatic rings. The van der Waals surface area contributed by atoms with Crippen molar-refractivity contribution < 1.29 is 9.53 Å². The molecule has 0 bridgehead atoms. The number of ether oxygens (including phenoxy) is 1. The van der Waals surface area contributed by atoms with E-state index < -0.39 is 0 Å². The summed E-state index contributed by atoms with van der Waals surface area (Å²) in [6.07, 6.45) is 1.03. The fourth-order valence-electron chi connectivity index (χ4n) is 1.64. The van der Waals surface area contributed by atoms with Crippen LogP contribution in [-0.4, -0.2) is 31.6 Å². The second-order valence-electron chi connectivity index (χ2n) is 3.96. The van der Waals surface area contributed by atoms with E-state index in [0.717, 1.165) is 13.0 Å². The zero-order valence-corrected chi connectivity index (χ0v) is 9.61. The molecule has 0 radical (unpaired) electrons. The molecule has 5 nitrogen and oxygen atoms in total. The molecule has 0 aromatic heterocycles. The Bertz CT molecular complexity index is 350. The number of carbonyl (C=O) groups excluding carboxylic acids is 1. The summed E-state index contributed by atoms with van der Waals surface area (Å²) in [7, 11) is 0. The van der Waals surface area contributed by atoms with Crippen molar-refractivity contribution in [3.8, 4) is 5.75 Å². The van der Waals surface area contributed by atoms with Gasteiger partial charge in [0.05, 0.1) is 0 Å². The van der Waals surface area contributed by atoms with E-state index in [4.69, 9.17) is 4.74 Å². The van der Waals surface area contributed by atoms with Crippen molar-refractivity contribution in [3.63, 3.8) is 0 Å². The third-order valence-electron chi connectivity index (χ3n) is 2.58. The summed E-state index contributed by atoms with van der Waals surface area (Å²) in [6.45, 7) is 1.63. The molecule has 1 aromatic carbocycles. The molecule has 92 valence electrons. The molecule has 0 aliphatic carbocycles. The molecule has 1 saturated heterocycles. The highest BCUT2D eigenvalue weighted by Gasteiger charge is 2.14. The van der Waals surface area contributed by atoms with Gasteiger partial charge >= 0.3 is 0 Å². The van der Waals surface area contributed by atoms with Gasteiger partial charge in [0.25, 0.3) is 5.91 Å². The fourth-order valence-corrected chi connectivity index (χ4v) is 1.64. The molecule has 3 N–H and O–H groups in total. The van der Waals surface area contributed by atoms with Gasteiger partial charge in [-0.25, -0.2) is 0 Å². The zero-order valence-electron chi connectivity index (χ0n) is 9.61. The summed E-state index contributed by atoms with van der Waals surface area (Å²) in [6, 6.07) is 9.63. The maximum absolute atomic E-state index is 11.5. The van der Waals surface area contributed by atoms with Crippen LogP contribution in [0, 0.1) is 0 Å². The number of nitrogens with one attached hydrogen (secondary N) is 3. The second-order valence-corrected chi connectivity index (χ2v) is 3.96. The van der Waals surface area contributed by atoms with Gasteiger partial charge in [-0.3, -0.25) is 15.6 Å². The molecule has 2 rings (SSSR count). The van der Waals surface area contributed by atoms with E-state index in [0.29, 0.717) is 18.3 Å². The largest absolute Gasteiger partial charge is 0.484 e. The second kappa shape index (κ2) is 6.22. The Morgan fingerprint density at radius 1 is 1.41 bits per heavy atom. The lowest BCUT2D eigenvalue weighted by molar-refractivity contribution is -0.123. The first-order valence-electron chi connectivity index (χ1n) is 5.77. The Morgan fingerprint density at radius 2 is 2.24 bits per heavy atom. The van der Waals surface area contributed by atoms with E-state index in [9.17, 15) is 4.79 Å². The molecule has 1 atom stereocenters. The van der Waals surface area contributed by atoms with Crippen molar-refractivity contribution in [2.24, 2.45) is 0 Å². The highest BCUT2D eigenvalue weighted by Crippen LogP contribution is 2.07. The molecule has 1 heterocycles. The molecule has 1 unspecified atom stereocenters. The van der Waals surface area contributed by atoms with Gasteiger partial charge in [-0.05, 0) is 18.6 Å². The molecule has 1 fully saturated rings. The summed E-state index contributed by atoms with van der Waals surface area (Å²) < 4.78 is 5.33. The Hall–Kier alpha value is -1.59. The van der Waals surface area contributed by atoms with E-state index in [1.54, 1.807) is 0 Å². The molecule has 1 aliphatic heterocycles. The van der Waals surface area contributed by atoms with Crippen LogP contribution in [0.5, 0.6) is 5.75 Å². The van der Waals surface area contributed by atoms with Gasteiger partial charge in [0.2, 0.25) is 0 Å². The van der Waals surface area contributed by atoms with Crippen LogP contribution in [0.25, 0.3) is 0 Å². The minimum absolute atomic E-state index is 0.0597. The Morgan fingerprint density at radius 3 is 2.94 bits per heavy atom. The average Bonchev–Trinajstić information content (AvgIpc) is 2.88. The minimum atomic E-state index is -0.0949. The quantitative estimate of drug-likeness (QED) is 0.675. The monoisotopic (exact) mass is 235 g/mol. The van der Waals surface area contributed by atoms with Crippen LogP contribution in [0.3, 0.4) is 0 Å². The van der Waals surface area contributed by atoms with Crippen LogP contribution in [-0.2, 0) is 4.79 Å². The van der Waals surface area contributed by atoms with Crippen LogP contribution in [0.1, 0.15) is 6.42 Å². The third-order valence-corrected chi connectivity index (χ3v) is 2.58. The lowest BCUT2D eigenvalue weighted by Gasteiger charge is -2.11. The van der Waals surface area contributed by atoms with E-state index in [-0.39, 0.29) is 12.5 Å². The number of hydrazine groups is 1. The van der Waals surface area contributed by atoms with E-state index in [2.05, 4.69) is 16.2 Å². The molecule has 1 amide bonds. The predicted octanol–water partition coefficient (Wildman–Crippen LogP) is 0.0481. The number of hydrogen-bond donors (Lipinski definition) is 3.